The first-order valence-electron chi connectivity index (χ1n) is 8.28. The minimum absolute atomic E-state index is 0.0773. The first-order chi connectivity index (χ1) is 11.2. The van der Waals surface area contributed by atoms with Crippen LogP contribution in [-0.2, 0) is 6.42 Å². The van der Waals surface area contributed by atoms with Gasteiger partial charge in [0.25, 0.3) is 0 Å². The van der Waals surface area contributed by atoms with Crippen molar-refractivity contribution < 1.29 is 9.84 Å². The van der Waals surface area contributed by atoms with Crippen LogP contribution < -0.4 is 4.74 Å². The Morgan fingerprint density at radius 2 is 1.87 bits per heavy atom. The summed E-state index contributed by atoms with van der Waals surface area (Å²) in [5.41, 5.74) is 3.85. The van der Waals surface area contributed by atoms with Gasteiger partial charge in [-0.3, -0.25) is 0 Å². The van der Waals surface area contributed by atoms with Crippen LogP contribution in [-0.4, -0.2) is 36.8 Å². The van der Waals surface area contributed by atoms with E-state index in [1.165, 1.54) is 16.7 Å². The second kappa shape index (κ2) is 7.16. The average molecular weight is 311 g/mol. The molecule has 0 bridgehead atoms. The van der Waals surface area contributed by atoms with E-state index < -0.39 is 0 Å². The Labute approximate surface area is 138 Å². The van der Waals surface area contributed by atoms with Crippen molar-refractivity contribution in [3.8, 4) is 5.75 Å². The molecule has 0 aromatic heterocycles. The van der Waals surface area contributed by atoms with Crippen molar-refractivity contribution in [3.05, 3.63) is 65.2 Å². The molecule has 1 N–H and O–H groups in total. The Kier molecular flexibility index (Phi) is 4.99. The van der Waals surface area contributed by atoms with Gasteiger partial charge in [-0.25, -0.2) is 0 Å². The van der Waals surface area contributed by atoms with Gasteiger partial charge < -0.3 is 14.7 Å². The van der Waals surface area contributed by atoms with Crippen molar-refractivity contribution in [1.82, 2.24) is 4.90 Å². The quantitative estimate of drug-likeness (QED) is 0.889. The Morgan fingerprint density at radius 1 is 1.13 bits per heavy atom. The Hall–Kier alpha value is -1.84. The zero-order valence-corrected chi connectivity index (χ0v) is 13.9. The maximum absolute atomic E-state index is 9.15. The first-order valence-corrected chi connectivity index (χ1v) is 8.28. The molecular formula is C20H25NO2. The fraction of sp³-hybridized carbons (Fsp3) is 0.400. The maximum atomic E-state index is 9.15. The van der Waals surface area contributed by atoms with Crippen LogP contribution in [0.4, 0.5) is 0 Å². The van der Waals surface area contributed by atoms with Gasteiger partial charge in [0.15, 0.2) is 0 Å². The van der Waals surface area contributed by atoms with Crippen LogP contribution in [0.3, 0.4) is 0 Å². The lowest BCUT2D eigenvalue weighted by molar-refractivity contribution is 0.113. The molecule has 1 aliphatic carbocycles. The minimum Gasteiger partial charge on any atom is -0.485 e. The monoisotopic (exact) mass is 311 g/mol. The molecule has 0 fully saturated rings. The SMILES string of the molecule is Cc1ccccc1O[C@@H]1c2ccccc2C[C@@H]1CN(C)CCO. The summed E-state index contributed by atoms with van der Waals surface area (Å²) in [6.45, 7) is 3.90. The summed E-state index contributed by atoms with van der Waals surface area (Å²) in [6, 6.07) is 16.8. The predicted octanol–water partition coefficient (Wildman–Crippen LogP) is 3.21. The topological polar surface area (TPSA) is 32.7 Å². The number of fused-ring (bicyclic) bond motifs is 1. The van der Waals surface area contributed by atoms with Crippen LogP contribution in [0.5, 0.6) is 5.75 Å². The number of benzene rings is 2. The molecule has 2 atom stereocenters. The Bertz CT molecular complexity index is 656. The summed E-state index contributed by atoms with van der Waals surface area (Å²) < 4.78 is 6.44. The third-order valence-corrected chi connectivity index (χ3v) is 4.65. The lowest BCUT2D eigenvalue weighted by Crippen LogP contribution is -2.31. The molecule has 0 radical (unpaired) electrons. The second-order valence-electron chi connectivity index (χ2n) is 6.45. The van der Waals surface area contributed by atoms with E-state index in [1.54, 1.807) is 0 Å². The standard InChI is InChI=1S/C20H25NO2/c1-15-7-3-6-10-19(15)23-20-17(14-21(2)11-12-22)13-16-8-4-5-9-18(16)20/h3-10,17,20,22H,11-14H2,1-2H3/t17-,20+/m1/s1. The molecule has 3 nitrogen and oxygen atoms in total. The van der Waals surface area contributed by atoms with Gasteiger partial charge in [0, 0.05) is 19.0 Å². The van der Waals surface area contributed by atoms with E-state index in [0.717, 1.165) is 18.7 Å². The molecule has 0 heterocycles. The first kappa shape index (κ1) is 16.0. The normalized spacial score (nSPS) is 19.8. The van der Waals surface area contributed by atoms with Gasteiger partial charge in [-0.15, -0.1) is 0 Å². The van der Waals surface area contributed by atoms with E-state index in [2.05, 4.69) is 49.2 Å². The molecular weight excluding hydrogens is 286 g/mol. The van der Waals surface area contributed by atoms with E-state index in [0.29, 0.717) is 12.5 Å². The highest BCUT2D eigenvalue weighted by atomic mass is 16.5. The smallest absolute Gasteiger partial charge is 0.128 e. The van der Waals surface area contributed by atoms with Crippen LogP contribution in [0.25, 0.3) is 0 Å². The zero-order chi connectivity index (χ0) is 16.2. The second-order valence-corrected chi connectivity index (χ2v) is 6.45. The summed E-state index contributed by atoms with van der Waals surface area (Å²) in [7, 11) is 2.06. The van der Waals surface area contributed by atoms with Gasteiger partial charge in [-0.1, -0.05) is 42.5 Å². The zero-order valence-electron chi connectivity index (χ0n) is 13.9. The minimum atomic E-state index is 0.0773. The van der Waals surface area contributed by atoms with Gasteiger partial charge in [0.05, 0.1) is 6.61 Å². The molecule has 0 aliphatic heterocycles. The molecule has 0 saturated carbocycles. The third kappa shape index (κ3) is 3.57. The van der Waals surface area contributed by atoms with Gasteiger partial charge in [-0.2, -0.15) is 0 Å². The summed E-state index contributed by atoms with van der Waals surface area (Å²) >= 11 is 0. The third-order valence-electron chi connectivity index (χ3n) is 4.65. The van der Waals surface area contributed by atoms with Crippen molar-refractivity contribution >= 4 is 0 Å². The number of rotatable bonds is 6. The number of aliphatic hydroxyl groups excluding tert-OH is 1. The molecule has 23 heavy (non-hydrogen) atoms. The number of hydrogen-bond acceptors (Lipinski definition) is 3. The number of nitrogens with zero attached hydrogens (tertiary/aromatic N) is 1. The van der Waals surface area contributed by atoms with Gasteiger partial charge in [-0.05, 0) is 43.1 Å². The van der Waals surface area contributed by atoms with Crippen molar-refractivity contribution in [3.63, 3.8) is 0 Å². The van der Waals surface area contributed by atoms with Crippen LogP contribution in [0.2, 0.25) is 0 Å². The lowest BCUT2D eigenvalue weighted by Gasteiger charge is -2.27. The molecule has 122 valence electrons. The highest BCUT2D eigenvalue weighted by molar-refractivity contribution is 5.38. The number of aryl methyl sites for hydroxylation is 1. The molecule has 1 aliphatic rings. The highest BCUT2D eigenvalue weighted by Crippen LogP contribution is 2.40. The van der Waals surface area contributed by atoms with E-state index in [-0.39, 0.29) is 12.7 Å². The Balaban J connectivity index is 1.84. The van der Waals surface area contributed by atoms with E-state index in [4.69, 9.17) is 9.84 Å². The van der Waals surface area contributed by atoms with Crippen LogP contribution in [0.15, 0.2) is 48.5 Å². The van der Waals surface area contributed by atoms with Crippen LogP contribution in [0, 0.1) is 12.8 Å². The van der Waals surface area contributed by atoms with Gasteiger partial charge in [0.1, 0.15) is 11.9 Å². The molecule has 0 unspecified atom stereocenters. The van der Waals surface area contributed by atoms with E-state index >= 15 is 0 Å². The summed E-state index contributed by atoms with van der Waals surface area (Å²) in [5.74, 6) is 1.37. The molecule has 2 aromatic carbocycles. The fourth-order valence-electron chi connectivity index (χ4n) is 3.45. The number of aliphatic hydroxyl groups is 1. The molecule has 0 spiro atoms. The van der Waals surface area contributed by atoms with Gasteiger partial charge >= 0.3 is 0 Å². The van der Waals surface area contributed by atoms with Crippen molar-refractivity contribution in [2.75, 3.05) is 26.7 Å². The van der Waals surface area contributed by atoms with E-state index in [1.807, 2.05) is 18.2 Å². The van der Waals surface area contributed by atoms with Crippen molar-refractivity contribution in [2.24, 2.45) is 5.92 Å². The predicted molar refractivity (Wildman–Crippen MR) is 92.8 cm³/mol. The number of ether oxygens (including phenoxy) is 1. The van der Waals surface area contributed by atoms with Crippen molar-refractivity contribution in [2.45, 2.75) is 19.4 Å². The molecule has 3 rings (SSSR count). The summed E-state index contributed by atoms with van der Waals surface area (Å²) in [5, 5.41) is 9.15. The summed E-state index contributed by atoms with van der Waals surface area (Å²) in [6.07, 6.45) is 1.11. The average Bonchev–Trinajstić information content (AvgIpc) is 2.87. The van der Waals surface area contributed by atoms with Gasteiger partial charge in [0.2, 0.25) is 0 Å². The molecule has 0 saturated heterocycles. The molecule has 3 heteroatoms. The Morgan fingerprint density at radius 3 is 2.65 bits per heavy atom. The molecule has 2 aromatic rings. The van der Waals surface area contributed by atoms with Crippen LogP contribution >= 0.6 is 0 Å². The largest absolute Gasteiger partial charge is 0.485 e. The van der Waals surface area contributed by atoms with Crippen LogP contribution in [0.1, 0.15) is 22.8 Å². The summed E-state index contributed by atoms with van der Waals surface area (Å²) in [4.78, 5) is 2.19. The number of hydrogen-bond donors (Lipinski definition) is 1. The number of para-hydroxylation sites is 1. The highest BCUT2D eigenvalue weighted by Gasteiger charge is 2.34. The lowest BCUT2D eigenvalue weighted by atomic mass is 10.0. The molecule has 0 amide bonds. The number of likely N-dealkylation sites (N-methyl/N-ethyl adjacent to an activating group) is 1. The maximum Gasteiger partial charge on any atom is 0.128 e. The fourth-order valence-corrected chi connectivity index (χ4v) is 3.45. The van der Waals surface area contributed by atoms with E-state index in [9.17, 15) is 0 Å². The van der Waals surface area contributed by atoms with Crippen molar-refractivity contribution in [1.29, 1.82) is 0 Å².